The molecule has 0 radical (unpaired) electrons. The number of ether oxygens (including phenoxy) is 1. The maximum absolute atomic E-state index is 17.2. The highest BCUT2D eigenvalue weighted by atomic mass is 35.5. The molecule has 3 fully saturated rings. The number of carbonyl (C=O) groups excluding carboxylic acids is 1. The van der Waals surface area contributed by atoms with E-state index in [1.165, 1.54) is 6.08 Å². The largest absolute Gasteiger partial charge is 0.462 e. The van der Waals surface area contributed by atoms with E-state index in [0.717, 1.165) is 35.0 Å². The van der Waals surface area contributed by atoms with E-state index < -0.39 is 11.5 Å². The van der Waals surface area contributed by atoms with Gasteiger partial charge in [-0.05, 0) is 70.7 Å². The summed E-state index contributed by atoms with van der Waals surface area (Å²) in [5.41, 5.74) is 2.49. The number of hydrogen-bond donors (Lipinski definition) is 1. The molecule has 1 N–H and O–H groups in total. The zero-order chi connectivity index (χ0) is 33.2. The predicted octanol–water partition coefficient (Wildman–Crippen LogP) is 6.58. The number of hydrogen-bond acceptors (Lipinski definition) is 7. The molecule has 0 spiro atoms. The first-order valence-electron chi connectivity index (χ1n) is 16.4. The van der Waals surface area contributed by atoms with Gasteiger partial charge in [0.25, 0.3) is 0 Å². The number of carbonyl (C=O) groups is 1. The summed E-state index contributed by atoms with van der Waals surface area (Å²) in [5.74, 6) is 0.142. The third-order valence-electron chi connectivity index (χ3n) is 9.89. The van der Waals surface area contributed by atoms with Crippen molar-refractivity contribution in [3.63, 3.8) is 0 Å². The van der Waals surface area contributed by atoms with Gasteiger partial charge in [-0.15, -0.1) is 0 Å². The van der Waals surface area contributed by atoms with Gasteiger partial charge in [-0.3, -0.25) is 14.8 Å². The third kappa shape index (κ3) is 5.82. The van der Waals surface area contributed by atoms with Gasteiger partial charge in [-0.1, -0.05) is 24.2 Å². The molecule has 1 aliphatic carbocycles. The average Bonchev–Trinajstić information content (AvgIpc) is 3.69. The number of rotatable bonds is 8. The molecule has 1 saturated carbocycles. The molecule has 1 amide bonds. The van der Waals surface area contributed by atoms with Crippen LogP contribution in [-0.2, 0) is 4.79 Å². The molecule has 12 heteroatoms. The van der Waals surface area contributed by atoms with E-state index in [4.69, 9.17) is 21.3 Å². The average molecular weight is 664 g/mol. The van der Waals surface area contributed by atoms with Gasteiger partial charge in [0, 0.05) is 78.3 Å². The number of likely N-dealkylation sites (tertiary alicyclic amines) is 1. The molecule has 2 aromatic heterocycles. The summed E-state index contributed by atoms with van der Waals surface area (Å²) in [5, 5.41) is 9.31. The standard InChI is InChI=1S/C35H40ClF2N7O2/c1-6-26(46)44-16-21(4)45(17-20(44)3)33-23-15-24(36)28(27-19(2)7-10-25-29(27)31(42-41-25)22-8-9-22)30(37)32(23)39-34(40-33)47-14-13-43-12-11-35(5,38)18-43/h6-7,10,15,20-22H,1,8-9,11-14,16-18H2,2-5H3,(H,41,42)/t20-,21+,35?/m1/s1. The summed E-state index contributed by atoms with van der Waals surface area (Å²) in [6, 6.07) is 5.34. The first-order chi connectivity index (χ1) is 22.5. The van der Waals surface area contributed by atoms with E-state index >= 15 is 4.39 Å². The van der Waals surface area contributed by atoms with Crippen molar-refractivity contribution in [1.82, 2.24) is 30.0 Å². The highest BCUT2D eigenvalue weighted by Gasteiger charge is 2.36. The van der Waals surface area contributed by atoms with Crippen molar-refractivity contribution in [2.24, 2.45) is 0 Å². The first kappa shape index (κ1) is 31.8. The number of aromatic amines is 1. The lowest BCUT2D eigenvalue weighted by molar-refractivity contribution is -0.128. The lowest BCUT2D eigenvalue weighted by Crippen LogP contribution is -2.58. The SMILES string of the molecule is C=CC(=O)N1C[C@H](C)N(c2nc(OCCN3CCC(C)(F)C3)nc3c(F)c(-c4c(C)ccc5n[nH]c(C6CC6)c45)c(Cl)cc23)C[C@H]1C. The number of benzene rings is 2. The Morgan fingerprint density at radius 1 is 1.21 bits per heavy atom. The number of amides is 1. The fourth-order valence-corrected chi connectivity index (χ4v) is 7.51. The van der Waals surface area contributed by atoms with E-state index in [1.807, 2.05) is 37.8 Å². The van der Waals surface area contributed by atoms with Crippen LogP contribution < -0.4 is 9.64 Å². The Bertz CT molecular complexity index is 1890. The highest BCUT2D eigenvalue weighted by Crippen LogP contribution is 2.48. The highest BCUT2D eigenvalue weighted by molar-refractivity contribution is 6.35. The Labute approximate surface area is 277 Å². The number of aromatic nitrogens is 4. The molecule has 9 nitrogen and oxygen atoms in total. The molecule has 0 bridgehead atoms. The molecular weight excluding hydrogens is 624 g/mol. The quantitative estimate of drug-likeness (QED) is 0.213. The second kappa shape index (κ2) is 12.0. The lowest BCUT2D eigenvalue weighted by Gasteiger charge is -2.44. The molecule has 4 heterocycles. The van der Waals surface area contributed by atoms with Crippen LogP contribution in [0.25, 0.3) is 32.9 Å². The fraction of sp³-hybridized carbons (Fsp3) is 0.486. The van der Waals surface area contributed by atoms with Crippen molar-refractivity contribution in [3.05, 3.63) is 53.0 Å². The van der Waals surface area contributed by atoms with Crippen LogP contribution in [0.3, 0.4) is 0 Å². The lowest BCUT2D eigenvalue weighted by atomic mass is 9.93. The molecule has 3 aliphatic rings. The molecule has 2 aliphatic heterocycles. The summed E-state index contributed by atoms with van der Waals surface area (Å²) >= 11 is 7.03. The smallest absolute Gasteiger partial charge is 0.319 e. The van der Waals surface area contributed by atoms with Crippen molar-refractivity contribution < 1.29 is 18.3 Å². The number of fused-ring (bicyclic) bond motifs is 2. The van der Waals surface area contributed by atoms with E-state index in [0.29, 0.717) is 61.8 Å². The van der Waals surface area contributed by atoms with Gasteiger partial charge in [0.05, 0.1) is 10.5 Å². The zero-order valence-corrected chi connectivity index (χ0v) is 28.0. The molecule has 4 aromatic rings. The van der Waals surface area contributed by atoms with Gasteiger partial charge in [0.15, 0.2) is 5.82 Å². The van der Waals surface area contributed by atoms with Crippen LogP contribution in [0.5, 0.6) is 6.01 Å². The van der Waals surface area contributed by atoms with Crippen molar-refractivity contribution in [2.45, 2.75) is 70.6 Å². The Morgan fingerprint density at radius 3 is 2.70 bits per heavy atom. The number of nitrogens with zero attached hydrogens (tertiary/aromatic N) is 6. The Balaban J connectivity index is 1.34. The number of halogens is 3. The molecule has 2 saturated heterocycles. The van der Waals surface area contributed by atoms with Gasteiger partial charge in [-0.25, -0.2) is 8.78 Å². The first-order valence-corrected chi connectivity index (χ1v) is 16.7. The van der Waals surface area contributed by atoms with E-state index in [9.17, 15) is 9.18 Å². The minimum absolute atomic E-state index is 0.0308. The maximum Gasteiger partial charge on any atom is 0.319 e. The summed E-state index contributed by atoms with van der Waals surface area (Å²) in [4.78, 5) is 27.9. The van der Waals surface area contributed by atoms with Crippen molar-refractivity contribution in [2.75, 3.05) is 44.2 Å². The summed E-state index contributed by atoms with van der Waals surface area (Å²) in [6.07, 6.45) is 3.91. The molecule has 2 aromatic carbocycles. The van der Waals surface area contributed by atoms with Crippen LogP contribution in [0.1, 0.15) is 57.2 Å². The Morgan fingerprint density at radius 2 is 2.00 bits per heavy atom. The van der Waals surface area contributed by atoms with Crippen LogP contribution in [0.4, 0.5) is 14.6 Å². The minimum atomic E-state index is -1.22. The Kier molecular flexibility index (Phi) is 8.11. The summed E-state index contributed by atoms with van der Waals surface area (Å²) in [6.45, 7) is 13.8. The number of H-pyrrole nitrogens is 1. The number of piperazine rings is 1. The molecule has 3 atom stereocenters. The van der Waals surface area contributed by atoms with Crippen molar-refractivity contribution in [3.8, 4) is 17.1 Å². The fourth-order valence-electron chi connectivity index (χ4n) is 7.22. The van der Waals surface area contributed by atoms with Gasteiger partial charge in [0.2, 0.25) is 5.91 Å². The second-order valence-corrected chi connectivity index (χ2v) is 14.1. The topological polar surface area (TPSA) is 90.5 Å². The van der Waals surface area contributed by atoms with Crippen molar-refractivity contribution >= 4 is 45.1 Å². The van der Waals surface area contributed by atoms with E-state index in [-0.39, 0.29) is 46.7 Å². The van der Waals surface area contributed by atoms with Crippen LogP contribution in [0.15, 0.2) is 30.9 Å². The number of alkyl halides is 1. The minimum Gasteiger partial charge on any atom is -0.462 e. The van der Waals surface area contributed by atoms with E-state index in [2.05, 4.69) is 26.7 Å². The van der Waals surface area contributed by atoms with Crippen LogP contribution in [-0.4, -0.2) is 93.0 Å². The Hall–Kier alpha value is -3.83. The number of anilines is 1. The van der Waals surface area contributed by atoms with Gasteiger partial charge in [0.1, 0.15) is 23.6 Å². The van der Waals surface area contributed by atoms with Gasteiger partial charge < -0.3 is 14.5 Å². The maximum atomic E-state index is 17.2. The zero-order valence-electron chi connectivity index (χ0n) is 27.2. The predicted molar refractivity (Wildman–Crippen MR) is 181 cm³/mol. The van der Waals surface area contributed by atoms with E-state index in [1.54, 1.807) is 17.9 Å². The van der Waals surface area contributed by atoms with Gasteiger partial charge in [-0.2, -0.15) is 15.1 Å². The van der Waals surface area contributed by atoms with Gasteiger partial charge >= 0.3 is 6.01 Å². The molecule has 7 rings (SSSR count). The van der Waals surface area contributed by atoms with Crippen molar-refractivity contribution in [1.29, 1.82) is 0 Å². The number of nitrogens with one attached hydrogen (secondary N) is 1. The molecule has 47 heavy (non-hydrogen) atoms. The number of aryl methyl sites for hydroxylation is 1. The van der Waals surface area contributed by atoms with Crippen LogP contribution in [0.2, 0.25) is 5.02 Å². The molecule has 1 unspecified atom stereocenters. The monoisotopic (exact) mass is 663 g/mol. The normalized spacial score (nSPS) is 23.6. The molecule has 248 valence electrons. The summed E-state index contributed by atoms with van der Waals surface area (Å²) < 4.78 is 37.7. The second-order valence-electron chi connectivity index (χ2n) is 13.7. The van der Waals surface area contributed by atoms with Crippen LogP contribution >= 0.6 is 11.6 Å². The third-order valence-corrected chi connectivity index (χ3v) is 10.2. The summed E-state index contributed by atoms with van der Waals surface area (Å²) in [7, 11) is 0. The van der Waals surface area contributed by atoms with Crippen LogP contribution in [0, 0.1) is 12.7 Å². The molecular formula is C35H40ClF2N7O2.